The molecule has 14 nitrogen and oxygen atoms in total. The second kappa shape index (κ2) is 11.9. The summed E-state index contributed by atoms with van der Waals surface area (Å²) in [5.41, 5.74) is -0.448. The summed E-state index contributed by atoms with van der Waals surface area (Å²) in [5.74, 6) is -2.40. The molecule has 2 aliphatic heterocycles. The van der Waals surface area contributed by atoms with Gasteiger partial charge in [-0.05, 0) is 37.6 Å². The van der Waals surface area contributed by atoms with Crippen molar-refractivity contribution in [1.82, 2.24) is 0 Å². The fourth-order valence-electron chi connectivity index (χ4n) is 5.21. The highest BCUT2D eigenvalue weighted by Crippen LogP contribution is 2.38. The van der Waals surface area contributed by atoms with Crippen molar-refractivity contribution in [1.29, 1.82) is 0 Å². The minimum absolute atomic E-state index is 0.0407. The molecule has 43 heavy (non-hydrogen) atoms. The van der Waals surface area contributed by atoms with E-state index < -0.39 is 84.8 Å². The molecule has 0 bridgehead atoms. The standard InChI is InChI=1S/C29H34O14/c1-10-6-13(4-5-15(10)31)26-27(23(36)19-16(32)7-14(30)8-17(19)41-26)43-29-25(38)24(37)22(35)18(42-29)9-39-28-21(34)11(2)20(33)12(3)40-28/h4-8,11-12,18,20-22,24-25,28-35,37-38H,9H2,1-3H3. The van der Waals surface area contributed by atoms with Gasteiger partial charge in [0.1, 0.15) is 58.7 Å². The Hall–Kier alpha value is -3.47. The largest absolute Gasteiger partial charge is 0.508 e. The highest BCUT2D eigenvalue weighted by molar-refractivity contribution is 5.88. The van der Waals surface area contributed by atoms with Crippen LogP contribution in [-0.2, 0) is 14.2 Å². The molecule has 2 aliphatic rings. The molecule has 0 spiro atoms. The van der Waals surface area contributed by atoms with Crippen LogP contribution in [0.1, 0.15) is 19.4 Å². The molecule has 3 heterocycles. The Morgan fingerprint density at radius 2 is 1.53 bits per heavy atom. The Morgan fingerprint density at radius 3 is 2.23 bits per heavy atom. The summed E-state index contributed by atoms with van der Waals surface area (Å²) in [6, 6.07) is 6.29. The predicted octanol–water partition coefficient (Wildman–Crippen LogP) is 0.191. The van der Waals surface area contributed by atoms with E-state index >= 15 is 0 Å². The van der Waals surface area contributed by atoms with E-state index in [1.165, 1.54) is 18.2 Å². The van der Waals surface area contributed by atoms with Gasteiger partial charge in [-0.3, -0.25) is 4.79 Å². The quantitative estimate of drug-likeness (QED) is 0.187. The zero-order valence-electron chi connectivity index (χ0n) is 23.4. The molecular weight excluding hydrogens is 572 g/mol. The Bertz CT molecular complexity index is 1540. The number of hydrogen-bond acceptors (Lipinski definition) is 14. The number of aromatic hydroxyl groups is 3. The second-order valence-corrected chi connectivity index (χ2v) is 10.9. The van der Waals surface area contributed by atoms with Crippen LogP contribution in [0.2, 0.25) is 0 Å². The van der Waals surface area contributed by atoms with E-state index in [9.17, 15) is 45.6 Å². The van der Waals surface area contributed by atoms with Gasteiger partial charge in [0.2, 0.25) is 17.5 Å². The summed E-state index contributed by atoms with van der Waals surface area (Å²) in [4.78, 5) is 13.7. The van der Waals surface area contributed by atoms with Crippen LogP contribution in [0.5, 0.6) is 23.0 Å². The number of hydrogen-bond donors (Lipinski definition) is 8. The van der Waals surface area contributed by atoms with E-state index in [1.54, 1.807) is 20.8 Å². The summed E-state index contributed by atoms with van der Waals surface area (Å²) in [6.45, 7) is 4.35. The molecule has 2 saturated heterocycles. The molecule has 0 radical (unpaired) electrons. The van der Waals surface area contributed by atoms with E-state index in [2.05, 4.69) is 0 Å². The van der Waals surface area contributed by atoms with Gasteiger partial charge in [-0.25, -0.2) is 0 Å². The van der Waals surface area contributed by atoms with Crippen molar-refractivity contribution in [2.45, 2.75) is 76.1 Å². The maximum atomic E-state index is 13.7. The molecule has 2 aromatic carbocycles. The first-order valence-electron chi connectivity index (χ1n) is 13.6. The van der Waals surface area contributed by atoms with Gasteiger partial charge in [-0.2, -0.15) is 0 Å². The van der Waals surface area contributed by atoms with Gasteiger partial charge < -0.3 is 64.2 Å². The van der Waals surface area contributed by atoms with Crippen molar-refractivity contribution < 1.29 is 64.2 Å². The highest BCUT2D eigenvalue weighted by Gasteiger charge is 2.47. The van der Waals surface area contributed by atoms with Crippen molar-refractivity contribution >= 4 is 11.0 Å². The molecule has 10 unspecified atom stereocenters. The number of phenols is 3. The van der Waals surface area contributed by atoms with Gasteiger partial charge >= 0.3 is 0 Å². The van der Waals surface area contributed by atoms with Gasteiger partial charge in [0, 0.05) is 23.6 Å². The molecule has 3 aromatic rings. The third-order valence-corrected chi connectivity index (χ3v) is 7.89. The first kappa shape index (κ1) is 31.0. The highest BCUT2D eigenvalue weighted by atomic mass is 16.7. The summed E-state index contributed by atoms with van der Waals surface area (Å²) in [5, 5.41) is 82.6. The van der Waals surface area contributed by atoms with E-state index in [4.69, 9.17) is 23.4 Å². The lowest BCUT2D eigenvalue weighted by Gasteiger charge is -2.42. The molecule has 14 heteroatoms. The lowest BCUT2D eigenvalue weighted by Crippen LogP contribution is -2.61. The van der Waals surface area contributed by atoms with Crippen molar-refractivity contribution in [3.05, 3.63) is 46.1 Å². The summed E-state index contributed by atoms with van der Waals surface area (Å²) in [6.07, 6.45) is -12.6. The lowest BCUT2D eigenvalue weighted by molar-refractivity contribution is -0.312. The third kappa shape index (κ3) is 5.75. The molecule has 2 fully saturated rings. The third-order valence-electron chi connectivity index (χ3n) is 7.89. The van der Waals surface area contributed by atoms with E-state index in [0.717, 1.165) is 12.1 Å². The van der Waals surface area contributed by atoms with Crippen LogP contribution < -0.4 is 10.2 Å². The van der Waals surface area contributed by atoms with Crippen molar-refractivity contribution in [3.8, 4) is 34.3 Å². The number of aliphatic hydroxyl groups is 5. The molecule has 1 aromatic heterocycles. The second-order valence-electron chi connectivity index (χ2n) is 10.9. The van der Waals surface area contributed by atoms with Crippen molar-refractivity contribution in [3.63, 3.8) is 0 Å². The molecule has 0 saturated carbocycles. The van der Waals surface area contributed by atoms with Gasteiger partial charge in [0.05, 0.1) is 18.8 Å². The molecule has 8 N–H and O–H groups in total. The SMILES string of the molecule is Cc1cc(-c2oc3cc(O)cc(O)c3c(=O)c2OC2OC(COC3OC(C)C(O)C(C)C3O)C(O)C(O)C2O)ccc1O. The number of aryl methyl sites for hydroxylation is 1. The average Bonchev–Trinajstić information content (AvgIpc) is 2.96. The molecule has 0 amide bonds. The molecule has 234 valence electrons. The Balaban J connectivity index is 1.48. The molecule has 5 rings (SSSR count). The van der Waals surface area contributed by atoms with Gasteiger partial charge in [-0.15, -0.1) is 0 Å². The van der Waals surface area contributed by atoms with Crippen LogP contribution in [-0.4, -0.2) is 103 Å². The zero-order valence-corrected chi connectivity index (χ0v) is 23.4. The summed E-state index contributed by atoms with van der Waals surface area (Å²) in [7, 11) is 0. The minimum Gasteiger partial charge on any atom is -0.508 e. The smallest absolute Gasteiger partial charge is 0.239 e. The molecular formula is C29H34O14. The van der Waals surface area contributed by atoms with Gasteiger partial charge in [-0.1, -0.05) is 6.92 Å². The van der Waals surface area contributed by atoms with Crippen LogP contribution in [0.4, 0.5) is 0 Å². The molecule has 10 atom stereocenters. The van der Waals surface area contributed by atoms with Crippen LogP contribution in [0.3, 0.4) is 0 Å². The van der Waals surface area contributed by atoms with Crippen molar-refractivity contribution in [2.75, 3.05) is 6.61 Å². The first-order valence-corrected chi connectivity index (χ1v) is 13.6. The summed E-state index contributed by atoms with van der Waals surface area (Å²) >= 11 is 0. The number of rotatable bonds is 6. The van der Waals surface area contributed by atoms with Gasteiger partial charge in [0.15, 0.2) is 12.1 Å². The monoisotopic (exact) mass is 606 g/mol. The number of fused-ring (bicyclic) bond motifs is 1. The van der Waals surface area contributed by atoms with Crippen LogP contribution in [0.15, 0.2) is 39.5 Å². The lowest BCUT2D eigenvalue weighted by atomic mass is 9.91. The maximum absolute atomic E-state index is 13.7. The summed E-state index contributed by atoms with van der Waals surface area (Å²) < 4.78 is 28.5. The normalized spacial score (nSPS) is 33.0. The Morgan fingerprint density at radius 1 is 0.814 bits per heavy atom. The van der Waals surface area contributed by atoms with E-state index in [1.807, 2.05) is 0 Å². The maximum Gasteiger partial charge on any atom is 0.239 e. The topological polar surface area (TPSA) is 229 Å². The Kier molecular flexibility index (Phi) is 8.57. The number of benzene rings is 2. The van der Waals surface area contributed by atoms with Gasteiger partial charge in [0.25, 0.3) is 0 Å². The predicted molar refractivity (Wildman–Crippen MR) is 146 cm³/mol. The number of aliphatic hydroxyl groups excluding tert-OH is 5. The van der Waals surface area contributed by atoms with Crippen LogP contribution in [0, 0.1) is 12.8 Å². The van der Waals surface area contributed by atoms with E-state index in [-0.39, 0.29) is 33.8 Å². The minimum atomic E-state index is -1.88. The fourth-order valence-corrected chi connectivity index (χ4v) is 5.21. The fraction of sp³-hybridized carbons (Fsp3) is 0.483. The van der Waals surface area contributed by atoms with Crippen LogP contribution in [0.25, 0.3) is 22.3 Å². The van der Waals surface area contributed by atoms with E-state index in [0.29, 0.717) is 5.56 Å². The van der Waals surface area contributed by atoms with Crippen molar-refractivity contribution in [2.24, 2.45) is 5.92 Å². The average molecular weight is 607 g/mol. The Labute approximate surface area is 244 Å². The van der Waals surface area contributed by atoms with Crippen LogP contribution >= 0.6 is 0 Å². The zero-order chi connectivity index (χ0) is 31.3. The first-order chi connectivity index (χ1) is 20.3. The number of phenolic OH excluding ortho intramolecular Hbond substituents is 3. The molecule has 0 aliphatic carbocycles. The number of ether oxygens (including phenoxy) is 4.